The Morgan fingerprint density at radius 3 is 2.84 bits per heavy atom. The first-order valence-electron chi connectivity index (χ1n) is 7.55. The number of hydrogen-bond donors (Lipinski definition) is 0. The first-order valence-corrected chi connectivity index (χ1v) is 7.92. The van der Waals surface area contributed by atoms with Gasteiger partial charge in [0.05, 0.1) is 22.6 Å². The Labute approximate surface area is 147 Å². The zero-order chi connectivity index (χ0) is 18.1. The van der Waals surface area contributed by atoms with Crippen LogP contribution in [0.4, 0.5) is 5.69 Å². The van der Waals surface area contributed by atoms with E-state index in [4.69, 9.17) is 16.3 Å². The second kappa shape index (κ2) is 6.63. The normalized spacial score (nSPS) is 11.2. The Balaban J connectivity index is 1.68. The summed E-state index contributed by atoms with van der Waals surface area (Å²) in [7, 11) is 1.64. The van der Waals surface area contributed by atoms with Crippen LogP contribution < -0.4 is 4.74 Å². The molecule has 0 aliphatic heterocycles. The fourth-order valence-corrected chi connectivity index (χ4v) is 2.63. The first kappa shape index (κ1) is 17.1. The highest BCUT2D eigenvalue weighted by Crippen LogP contribution is 2.29. The minimum absolute atomic E-state index is 0.0249. The average Bonchev–Trinajstić information content (AvgIpc) is 3.01. The first-order chi connectivity index (χ1) is 11.9. The lowest BCUT2D eigenvalue weighted by Crippen LogP contribution is -2.07. The van der Waals surface area contributed by atoms with Crippen LogP contribution in [0.3, 0.4) is 0 Å². The van der Waals surface area contributed by atoms with Gasteiger partial charge in [0.2, 0.25) is 5.28 Å². The number of halogens is 1. The van der Waals surface area contributed by atoms with Crippen LogP contribution in [0.1, 0.15) is 17.8 Å². The van der Waals surface area contributed by atoms with E-state index in [0.29, 0.717) is 24.3 Å². The van der Waals surface area contributed by atoms with Gasteiger partial charge in [-0.25, -0.2) is 9.67 Å². The van der Waals surface area contributed by atoms with Gasteiger partial charge in [-0.05, 0) is 25.4 Å². The molecule has 3 rings (SSSR count). The summed E-state index contributed by atoms with van der Waals surface area (Å²) in [6, 6.07) is 0. The van der Waals surface area contributed by atoms with Gasteiger partial charge in [-0.1, -0.05) is 0 Å². The van der Waals surface area contributed by atoms with Crippen LogP contribution in [0, 0.1) is 24.0 Å². The van der Waals surface area contributed by atoms with E-state index in [0.717, 1.165) is 11.1 Å². The van der Waals surface area contributed by atoms with E-state index in [1.165, 1.54) is 4.68 Å². The predicted molar refractivity (Wildman–Crippen MR) is 89.8 cm³/mol. The summed E-state index contributed by atoms with van der Waals surface area (Å²) in [6.45, 7) is 4.28. The summed E-state index contributed by atoms with van der Waals surface area (Å²) < 4.78 is 8.64. The van der Waals surface area contributed by atoms with Crippen molar-refractivity contribution in [3.8, 4) is 5.88 Å². The highest BCUT2D eigenvalue weighted by molar-refractivity contribution is 6.28. The summed E-state index contributed by atoms with van der Waals surface area (Å²) in [4.78, 5) is 18.8. The van der Waals surface area contributed by atoms with Crippen molar-refractivity contribution in [1.29, 1.82) is 0 Å². The Hall–Kier alpha value is -2.75. The second-order valence-electron chi connectivity index (χ2n) is 5.51. The summed E-state index contributed by atoms with van der Waals surface area (Å²) >= 11 is 5.84. The molecule has 132 valence electrons. The highest BCUT2D eigenvalue weighted by Gasteiger charge is 2.25. The zero-order valence-corrected chi connectivity index (χ0v) is 14.7. The SMILES string of the molecule is Cc1nn(CCCOc2nn(C)c(C)c2[N+](=O)[O-])c2nc(Cl)ncc12. The number of aromatic nitrogens is 6. The maximum atomic E-state index is 11.1. The largest absolute Gasteiger partial charge is 0.472 e. The monoisotopic (exact) mass is 365 g/mol. The molecular weight excluding hydrogens is 350 g/mol. The van der Waals surface area contributed by atoms with E-state index in [-0.39, 0.29) is 23.5 Å². The van der Waals surface area contributed by atoms with E-state index in [9.17, 15) is 10.1 Å². The van der Waals surface area contributed by atoms with E-state index in [1.54, 1.807) is 24.9 Å². The van der Waals surface area contributed by atoms with Gasteiger partial charge < -0.3 is 4.74 Å². The molecule has 0 saturated heterocycles. The third kappa shape index (κ3) is 3.25. The molecule has 0 bridgehead atoms. The van der Waals surface area contributed by atoms with Crippen LogP contribution in [0.5, 0.6) is 5.88 Å². The van der Waals surface area contributed by atoms with Gasteiger partial charge in [0.25, 0.3) is 0 Å². The maximum Gasteiger partial charge on any atom is 0.352 e. The molecule has 3 heterocycles. The molecule has 25 heavy (non-hydrogen) atoms. The molecule has 0 saturated carbocycles. The summed E-state index contributed by atoms with van der Waals surface area (Å²) in [5.74, 6) is 0.0249. The summed E-state index contributed by atoms with van der Waals surface area (Å²) in [6.07, 6.45) is 2.21. The second-order valence-corrected chi connectivity index (χ2v) is 5.84. The van der Waals surface area contributed by atoms with Crippen molar-refractivity contribution in [2.24, 2.45) is 7.05 Å². The summed E-state index contributed by atoms with van der Waals surface area (Å²) in [5.41, 5.74) is 1.79. The molecule has 3 aromatic heterocycles. The van der Waals surface area contributed by atoms with E-state index in [2.05, 4.69) is 20.2 Å². The van der Waals surface area contributed by atoms with Crippen LogP contribution in [0.25, 0.3) is 11.0 Å². The molecule has 3 aromatic rings. The third-order valence-electron chi connectivity index (χ3n) is 3.85. The van der Waals surface area contributed by atoms with Crippen molar-refractivity contribution < 1.29 is 9.66 Å². The van der Waals surface area contributed by atoms with Crippen molar-refractivity contribution in [2.45, 2.75) is 26.8 Å². The van der Waals surface area contributed by atoms with E-state index < -0.39 is 4.92 Å². The van der Waals surface area contributed by atoms with Gasteiger partial charge in [-0.3, -0.25) is 14.8 Å². The third-order valence-corrected chi connectivity index (χ3v) is 4.03. The number of fused-ring (bicyclic) bond motifs is 1. The van der Waals surface area contributed by atoms with Gasteiger partial charge in [0.1, 0.15) is 5.69 Å². The topological polar surface area (TPSA) is 114 Å². The smallest absolute Gasteiger partial charge is 0.352 e. The van der Waals surface area contributed by atoms with Crippen LogP contribution in [0.15, 0.2) is 6.20 Å². The number of rotatable bonds is 6. The molecule has 0 amide bonds. The maximum absolute atomic E-state index is 11.1. The van der Waals surface area contributed by atoms with Crippen molar-refractivity contribution in [2.75, 3.05) is 6.61 Å². The highest BCUT2D eigenvalue weighted by atomic mass is 35.5. The van der Waals surface area contributed by atoms with Crippen molar-refractivity contribution >= 4 is 28.3 Å². The van der Waals surface area contributed by atoms with Crippen LogP contribution in [-0.2, 0) is 13.6 Å². The number of nitro groups is 1. The molecule has 0 N–H and O–H groups in total. The van der Waals surface area contributed by atoms with Gasteiger partial charge in [0.15, 0.2) is 5.65 Å². The molecule has 0 fully saturated rings. The molecule has 0 aliphatic carbocycles. The molecule has 0 aromatic carbocycles. The lowest BCUT2D eigenvalue weighted by molar-refractivity contribution is -0.386. The fourth-order valence-electron chi connectivity index (χ4n) is 2.50. The van der Waals surface area contributed by atoms with Crippen molar-refractivity contribution in [1.82, 2.24) is 29.5 Å². The Morgan fingerprint density at radius 2 is 2.12 bits per heavy atom. The lowest BCUT2D eigenvalue weighted by Gasteiger charge is -2.04. The number of hydrogen-bond acceptors (Lipinski definition) is 7. The van der Waals surface area contributed by atoms with E-state index in [1.807, 2.05) is 6.92 Å². The van der Waals surface area contributed by atoms with Gasteiger partial charge in [-0.15, -0.1) is 5.10 Å². The Kier molecular flexibility index (Phi) is 4.53. The minimum atomic E-state index is -0.485. The van der Waals surface area contributed by atoms with Crippen LogP contribution in [-0.4, -0.2) is 41.1 Å². The minimum Gasteiger partial charge on any atom is -0.472 e. The molecule has 10 nitrogen and oxygen atoms in total. The van der Waals surface area contributed by atoms with Crippen LogP contribution in [0.2, 0.25) is 5.28 Å². The fraction of sp³-hybridized carbons (Fsp3) is 0.429. The van der Waals surface area contributed by atoms with Gasteiger partial charge >= 0.3 is 11.6 Å². The van der Waals surface area contributed by atoms with Crippen molar-refractivity contribution in [3.63, 3.8) is 0 Å². The molecule has 0 unspecified atom stereocenters. The predicted octanol–water partition coefficient (Wildman–Crippen LogP) is 2.21. The quantitative estimate of drug-likeness (QED) is 0.284. The molecular formula is C14H16ClN7O3. The summed E-state index contributed by atoms with van der Waals surface area (Å²) in [5, 5.41) is 20.6. The molecule has 0 aliphatic rings. The van der Waals surface area contributed by atoms with Gasteiger partial charge in [0, 0.05) is 26.2 Å². The number of aryl methyl sites for hydroxylation is 3. The van der Waals surface area contributed by atoms with Crippen LogP contribution >= 0.6 is 11.6 Å². The molecule has 0 spiro atoms. The standard InChI is InChI=1S/C14H16ClN7O3/c1-8-10-7-16-14(15)17-12(10)21(18-8)5-4-6-25-13-11(22(23)24)9(2)20(3)19-13/h7H,4-6H2,1-3H3. The average molecular weight is 366 g/mol. The van der Waals surface area contributed by atoms with E-state index >= 15 is 0 Å². The number of nitrogens with zero attached hydrogens (tertiary/aromatic N) is 7. The lowest BCUT2D eigenvalue weighted by atomic mass is 10.3. The number of ether oxygens (including phenoxy) is 1. The Bertz CT molecular complexity index is 950. The molecule has 11 heteroatoms. The Morgan fingerprint density at radius 1 is 1.36 bits per heavy atom. The zero-order valence-electron chi connectivity index (χ0n) is 13.9. The van der Waals surface area contributed by atoms with Crippen molar-refractivity contribution in [3.05, 3.63) is 33.0 Å². The molecule has 0 radical (unpaired) electrons. The van der Waals surface area contributed by atoms with Gasteiger partial charge in [-0.2, -0.15) is 10.1 Å². The molecule has 0 atom stereocenters.